The summed E-state index contributed by atoms with van der Waals surface area (Å²) in [4.78, 5) is 15.3. The molecule has 5 nitrogen and oxygen atoms in total. The lowest BCUT2D eigenvalue weighted by Gasteiger charge is -2.26. The number of nitrogens with zero attached hydrogens (tertiary/aromatic N) is 1. The van der Waals surface area contributed by atoms with Gasteiger partial charge in [0.05, 0.1) is 16.7 Å². The van der Waals surface area contributed by atoms with Gasteiger partial charge < -0.3 is 21.1 Å². The highest BCUT2D eigenvalue weighted by Crippen LogP contribution is 2.43. The van der Waals surface area contributed by atoms with Crippen LogP contribution in [0, 0.1) is 0 Å². The van der Waals surface area contributed by atoms with Crippen molar-refractivity contribution in [3.63, 3.8) is 0 Å². The second-order valence-corrected chi connectivity index (χ2v) is 7.39. The minimum Gasteiger partial charge on any atom is -0.396 e. The largest absolute Gasteiger partial charge is 0.396 e. The number of nitrogens with one attached hydrogen (secondary N) is 1. The molecule has 0 spiro atoms. The Morgan fingerprint density at radius 2 is 2.00 bits per heavy atom. The second-order valence-electron chi connectivity index (χ2n) is 5.56. The highest BCUT2D eigenvalue weighted by Gasteiger charge is 2.25. The summed E-state index contributed by atoms with van der Waals surface area (Å²) >= 11 is 2.99. The number of nitrogens with two attached hydrogens (primary N) is 1. The van der Waals surface area contributed by atoms with E-state index >= 15 is 0 Å². The molecule has 1 heterocycles. The van der Waals surface area contributed by atoms with Gasteiger partial charge in [-0.1, -0.05) is 0 Å². The number of hydrogen-bond donors (Lipinski definition) is 3. The Hall–Kier alpha value is -0.920. The van der Waals surface area contributed by atoms with Crippen LogP contribution in [0.5, 0.6) is 0 Å². The van der Waals surface area contributed by atoms with Gasteiger partial charge in [-0.15, -0.1) is 23.1 Å². The van der Waals surface area contributed by atoms with Crippen LogP contribution in [-0.2, 0) is 0 Å². The summed E-state index contributed by atoms with van der Waals surface area (Å²) in [7, 11) is 3.46. The van der Waals surface area contributed by atoms with E-state index in [-0.39, 0.29) is 12.0 Å². The van der Waals surface area contributed by atoms with E-state index < -0.39 is 0 Å². The van der Waals surface area contributed by atoms with Crippen LogP contribution in [0.1, 0.15) is 35.4 Å². The van der Waals surface area contributed by atoms with Crippen molar-refractivity contribution in [2.45, 2.75) is 42.7 Å². The van der Waals surface area contributed by atoms with Gasteiger partial charge in [0.1, 0.15) is 9.88 Å². The molecule has 0 atom stereocenters. The lowest BCUT2D eigenvalue weighted by atomic mass is 9.93. The first-order valence-corrected chi connectivity index (χ1v) is 9.10. The number of carbonyl (C=O) groups is 1. The van der Waals surface area contributed by atoms with Gasteiger partial charge in [-0.05, 0) is 31.9 Å². The van der Waals surface area contributed by atoms with E-state index in [0.29, 0.717) is 16.6 Å². The molecule has 1 aromatic rings. The zero-order chi connectivity index (χ0) is 15.6. The van der Waals surface area contributed by atoms with Gasteiger partial charge in [0.15, 0.2) is 0 Å². The van der Waals surface area contributed by atoms with Crippen LogP contribution in [0.15, 0.2) is 4.90 Å². The molecule has 0 bridgehead atoms. The average molecular weight is 329 g/mol. The SMILES string of the molecule is CSc1c(NC2CCC(O)CC2)sc(C(=O)N(C)C)c1N. The van der Waals surface area contributed by atoms with Crippen molar-refractivity contribution in [2.24, 2.45) is 0 Å². The van der Waals surface area contributed by atoms with E-state index in [1.165, 1.54) is 11.3 Å². The molecule has 1 aliphatic rings. The Bertz CT molecular complexity index is 509. The summed E-state index contributed by atoms with van der Waals surface area (Å²) in [6.45, 7) is 0. The van der Waals surface area contributed by atoms with Crippen LogP contribution in [0.25, 0.3) is 0 Å². The standard InChI is InChI=1S/C14H23N3O2S2/c1-17(2)14(19)12-10(15)11(20-3)13(21-12)16-8-4-6-9(18)7-5-8/h8-9,16,18H,4-7,15H2,1-3H3. The van der Waals surface area contributed by atoms with Crippen LogP contribution in [0.2, 0.25) is 0 Å². The first-order valence-electron chi connectivity index (χ1n) is 7.06. The van der Waals surface area contributed by atoms with E-state index in [1.807, 2.05) is 6.26 Å². The van der Waals surface area contributed by atoms with Crippen LogP contribution in [-0.4, -0.2) is 48.4 Å². The maximum absolute atomic E-state index is 12.2. The molecule has 1 amide bonds. The fourth-order valence-corrected chi connectivity index (χ4v) is 4.61. The molecular weight excluding hydrogens is 306 g/mol. The van der Waals surface area contributed by atoms with E-state index in [9.17, 15) is 9.90 Å². The van der Waals surface area contributed by atoms with Crippen molar-refractivity contribution < 1.29 is 9.90 Å². The molecule has 1 aromatic heterocycles. The van der Waals surface area contributed by atoms with Crippen LogP contribution < -0.4 is 11.1 Å². The Balaban J connectivity index is 2.19. The molecule has 7 heteroatoms. The summed E-state index contributed by atoms with van der Waals surface area (Å²) < 4.78 is 0. The smallest absolute Gasteiger partial charge is 0.265 e. The molecule has 0 radical (unpaired) electrons. The van der Waals surface area contributed by atoms with E-state index in [0.717, 1.165) is 35.6 Å². The first kappa shape index (κ1) is 16.5. The van der Waals surface area contributed by atoms with Gasteiger partial charge in [0.25, 0.3) is 5.91 Å². The number of hydrogen-bond acceptors (Lipinski definition) is 6. The van der Waals surface area contributed by atoms with E-state index in [4.69, 9.17) is 5.73 Å². The quantitative estimate of drug-likeness (QED) is 0.740. The number of aliphatic hydroxyl groups excluding tert-OH is 1. The minimum absolute atomic E-state index is 0.0556. The molecule has 0 unspecified atom stereocenters. The molecular formula is C14H23N3O2S2. The van der Waals surface area contributed by atoms with Gasteiger partial charge in [-0.2, -0.15) is 0 Å². The van der Waals surface area contributed by atoms with E-state index in [1.54, 1.807) is 30.8 Å². The van der Waals surface area contributed by atoms with Crippen molar-refractivity contribution in [1.82, 2.24) is 4.90 Å². The Morgan fingerprint density at radius 1 is 1.38 bits per heavy atom. The molecule has 1 aliphatic carbocycles. The highest BCUT2D eigenvalue weighted by atomic mass is 32.2. The first-order chi connectivity index (χ1) is 9.93. The van der Waals surface area contributed by atoms with E-state index in [2.05, 4.69) is 5.32 Å². The Morgan fingerprint density at radius 3 is 2.52 bits per heavy atom. The molecule has 0 saturated heterocycles. The third kappa shape index (κ3) is 3.64. The Labute approximate surface area is 133 Å². The summed E-state index contributed by atoms with van der Waals surface area (Å²) in [6, 6.07) is 0.347. The summed E-state index contributed by atoms with van der Waals surface area (Å²) in [5.41, 5.74) is 6.72. The number of carbonyl (C=O) groups excluding carboxylic acids is 1. The zero-order valence-corrected chi connectivity index (χ0v) is 14.3. The molecule has 1 saturated carbocycles. The number of thioether (sulfide) groups is 1. The average Bonchev–Trinajstić information content (AvgIpc) is 2.76. The lowest BCUT2D eigenvalue weighted by Crippen LogP contribution is -2.28. The van der Waals surface area contributed by atoms with Crippen LogP contribution >= 0.6 is 23.1 Å². The Kier molecular flexibility index (Phi) is 5.40. The highest BCUT2D eigenvalue weighted by molar-refractivity contribution is 7.99. The van der Waals surface area contributed by atoms with Gasteiger partial charge in [-0.25, -0.2) is 0 Å². The normalized spacial score (nSPS) is 22.1. The third-order valence-electron chi connectivity index (χ3n) is 3.74. The summed E-state index contributed by atoms with van der Waals surface area (Å²) in [5.74, 6) is -0.0556. The molecule has 118 valence electrons. The fourth-order valence-electron chi connectivity index (χ4n) is 2.49. The number of amides is 1. The number of nitrogen functional groups attached to an aromatic ring is 1. The topological polar surface area (TPSA) is 78.6 Å². The van der Waals surface area contributed by atoms with Crippen LogP contribution in [0.3, 0.4) is 0 Å². The molecule has 0 aromatic carbocycles. The molecule has 1 fully saturated rings. The van der Waals surface area contributed by atoms with Gasteiger partial charge in [0, 0.05) is 20.1 Å². The fraction of sp³-hybridized carbons (Fsp3) is 0.643. The predicted octanol–water partition coefficient (Wildman–Crippen LogP) is 2.47. The van der Waals surface area contributed by atoms with Crippen molar-refractivity contribution in [2.75, 3.05) is 31.4 Å². The monoisotopic (exact) mass is 329 g/mol. The van der Waals surface area contributed by atoms with Crippen LogP contribution in [0.4, 0.5) is 10.7 Å². The van der Waals surface area contributed by atoms with Crippen molar-refractivity contribution in [1.29, 1.82) is 0 Å². The number of thiophene rings is 1. The van der Waals surface area contributed by atoms with Gasteiger partial charge >= 0.3 is 0 Å². The number of anilines is 2. The van der Waals surface area contributed by atoms with Crippen molar-refractivity contribution in [3.8, 4) is 0 Å². The lowest BCUT2D eigenvalue weighted by molar-refractivity contribution is 0.0833. The summed E-state index contributed by atoms with van der Waals surface area (Å²) in [6.07, 6.45) is 5.36. The third-order valence-corrected chi connectivity index (χ3v) is 5.82. The molecule has 0 aliphatic heterocycles. The molecule has 21 heavy (non-hydrogen) atoms. The van der Waals surface area contributed by atoms with Crippen molar-refractivity contribution >= 4 is 39.7 Å². The number of rotatable bonds is 4. The number of aliphatic hydroxyl groups is 1. The molecule has 2 rings (SSSR count). The maximum atomic E-state index is 12.2. The minimum atomic E-state index is -0.164. The van der Waals surface area contributed by atoms with Gasteiger partial charge in [0.2, 0.25) is 0 Å². The predicted molar refractivity (Wildman–Crippen MR) is 90.4 cm³/mol. The van der Waals surface area contributed by atoms with Crippen molar-refractivity contribution in [3.05, 3.63) is 4.88 Å². The maximum Gasteiger partial charge on any atom is 0.265 e. The molecule has 4 N–H and O–H groups in total. The second kappa shape index (κ2) is 6.89. The zero-order valence-electron chi connectivity index (χ0n) is 12.7. The summed E-state index contributed by atoms with van der Waals surface area (Å²) in [5, 5.41) is 14.1. The van der Waals surface area contributed by atoms with Gasteiger partial charge in [-0.3, -0.25) is 4.79 Å².